The molecule has 0 fully saturated rings. The molecule has 1 aromatic carbocycles. The monoisotopic (exact) mass is 195 g/mol. The zero-order valence-corrected chi connectivity index (χ0v) is 8.05. The summed E-state index contributed by atoms with van der Waals surface area (Å²) < 4.78 is 5.56. The lowest BCUT2D eigenvalue weighted by Crippen LogP contribution is -1.74. The summed E-state index contributed by atoms with van der Waals surface area (Å²) in [6.07, 6.45) is 5.33. The average molecular weight is 195 g/mol. The minimum Gasteiger partial charge on any atom is -0.463 e. The van der Waals surface area contributed by atoms with Gasteiger partial charge in [0.2, 0.25) is 0 Å². The normalized spacial score (nSPS) is 10.7. The Kier molecular flexibility index (Phi) is 1.78. The summed E-state index contributed by atoms with van der Waals surface area (Å²) in [7, 11) is 0. The first-order valence-electron chi connectivity index (χ1n) is 4.82. The molecular weight excluding hydrogens is 186 g/mol. The highest BCUT2D eigenvalue weighted by Gasteiger charge is 2.06. The van der Waals surface area contributed by atoms with Crippen LogP contribution in [0.2, 0.25) is 0 Å². The Morgan fingerprint density at radius 2 is 1.87 bits per heavy atom. The topological polar surface area (TPSA) is 26.0 Å². The first-order chi connectivity index (χ1) is 7.45. The third-order valence-electron chi connectivity index (χ3n) is 2.44. The minimum absolute atomic E-state index is 0.910. The lowest BCUT2D eigenvalue weighted by atomic mass is 10.1. The van der Waals surface area contributed by atoms with Crippen molar-refractivity contribution in [2.75, 3.05) is 0 Å². The average Bonchev–Trinajstić information content (AvgIpc) is 2.74. The standard InChI is InChI=1S/C13H9NO/c1-2-4-10(5-3-1)13-12-6-7-14-8-11(12)9-15-13/h1-9H. The van der Waals surface area contributed by atoms with Crippen LogP contribution in [0.25, 0.3) is 22.1 Å². The second-order valence-corrected chi connectivity index (χ2v) is 3.39. The number of aromatic nitrogens is 1. The molecule has 3 rings (SSSR count). The second-order valence-electron chi connectivity index (χ2n) is 3.39. The molecule has 0 saturated heterocycles. The smallest absolute Gasteiger partial charge is 0.141 e. The van der Waals surface area contributed by atoms with Gasteiger partial charge in [0.15, 0.2) is 0 Å². The van der Waals surface area contributed by atoms with Crippen LogP contribution in [0.15, 0.2) is 59.5 Å². The van der Waals surface area contributed by atoms with E-state index >= 15 is 0 Å². The summed E-state index contributed by atoms with van der Waals surface area (Å²) in [6.45, 7) is 0. The highest BCUT2D eigenvalue weighted by atomic mass is 16.3. The van der Waals surface area contributed by atoms with Gasteiger partial charge in [-0.25, -0.2) is 0 Å². The molecule has 0 N–H and O–H groups in total. The SMILES string of the molecule is c1ccc(-c2occ3cnccc23)cc1. The fourth-order valence-electron chi connectivity index (χ4n) is 1.71. The number of rotatable bonds is 1. The third kappa shape index (κ3) is 1.31. The molecule has 0 bridgehead atoms. The summed E-state index contributed by atoms with van der Waals surface area (Å²) in [5, 5.41) is 2.15. The van der Waals surface area contributed by atoms with E-state index in [-0.39, 0.29) is 0 Å². The molecule has 2 heteroatoms. The molecule has 0 aliphatic carbocycles. The van der Waals surface area contributed by atoms with Crippen LogP contribution in [0.1, 0.15) is 0 Å². The number of fused-ring (bicyclic) bond motifs is 1. The van der Waals surface area contributed by atoms with Gasteiger partial charge in [0.05, 0.1) is 0 Å². The maximum atomic E-state index is 5.56. The van der Waals surface area contributed by atoms with E-state index in [1.807, 2.05) is 42.6 Å². The number of nitrogens with zero attached hydrogens (tertiary/aromatic N) is 1. The molecule has 72 valence electrons. The molecule has 2 heterocycles. The van der Waals surface area contributed by atoms with Gasteiger partial charge in [-0.3, -0.25) is 4.98 Å². The van der Waals surface area contributed by atoms with Crippen LogP contribution in [0, 0.1) is 0 Å². The highest BCUT2D eigenvalue weighted by Crippen LogP contribution is 2.29. The van der Waals surface area contributed by atoms with E-state index in [4.69, 9.17) is 4.42 Å². The molecule has 0 aliphatic heterocycles. The maximum Gasteiger partial charge on any atom is 0.141 e. The van der Waals surface area contributed by atoms with E-state index < -0.39 is 0 Å². The fraction of sp³-hybridized carbons (Fsp3) is 0. The van der Waals surface area contributed by atoms with E-state index in [2.05, 4.69) is 4.98 Å². The zero-order chi connectivity index (χ0) is 10.1. The first-order valence-corrected chi connectivity index (χ1v) is 4.82. The largest absolute Gasteiger partial charge is 0.463 e. The van der Waals surface area contributed by atoms with Crippen LogP contribution in [0.3, 0.4) is 0 Å². The van der Waals surface area contributed by atoms with Crippen molar-refractivity contribution >= 4 is 10.8 Å². The Morgan fingerprint density at radius 3 is 2.73 bits per heavy atom. The molecular formula is C13H9NO. The minimum atomic E-state index is 0.910. The van der Waals surface area contributed by atoms with Crippen LogP contribution >= 0.6 is 0 Å². The van der Waals surface area contributed by atoms with Crippen molar-refractivity contribution in [1.82, 2.24) is 4.98 Å². The molecule has 0 saturated carbocycles. The van der Waals surface area contributed by atoms with Gasteiger partial charge in [-0.05, 0) is 6.07 Å². The lowest BCUT2D eigenvalue weighted by molar-refractivity contribution is 0.587. The van der Waals surface area contributed by atoms with Gasteiger partial charge in [-0.2, -0.15) is 0 Å². The van der Waals surface area contributed by atoms with Crippen molar-refractivity contribution < 1.29 is 4.42 Å². The van der Waals surface area contributed by atoms with Crippen molar-refractivity contribution in [2.45, 2.75) is 0 Å². The predicted octanol–water partition coefficient (Wildman–Crippen LogP) is 3.49. The van der Waals surface area contributed by atoms with Crippen LogP contribution in [-0.2, 0) is 0 Å². The van der Waals surface area contributed by atoms with E-state index in [1.165, 1.54) is 0 Å². The number of hydrogen-bond donors (Lipinski definition) is 0. The van der Waals surface area contributed by atoms with Crippen molar-refractivity contribution in [3.8, 4) is 11.3 Å². The van der Waals surface area contributed by atoms with Crippen molar-refractivity contribution in [3.05, 3.63) is 55.1 Å². The van der Waals surface area contributed by atoms with Gasteiger partial charge in [0.25, 0.3) is 0 Å². The van der Waals surface area contributed by atoms with Gasteiger partial charge in [0, 0.05) is 28.7 Å². The fourth-order valence-corrected chi connectivity index (χ4v) is 1.71. The Bertz CT molecular complexity index is 584. The van der Waals surface area contributed by atoms with Crippen molar-refractivity contribution in [2.24, 2.45) is 0 Å². The molecule has 2 aromatic heterocycles. The van der Waals surface area contributed by atoms with Gasteiger partial charge < -0.3 is 4.42 Å². The Labute approximate surface area is 87.2 Å². The predicted molar refractivity (Wildman–Crippen MR) is 59.4 cm³/mol. The van der Waals surface area contributed by atoms with Gasteiger partial charge in [0.1, 0.15) is 12.0 Å². The Hall–Kier alpha value is -2.09. The number of hydrogen-bond acceptors (Lipinski definition) is 2. The van der Waals surface area contributed by atoms with Crippen LogP contribution in [-0.4, -0.2) is 4.98 Å². The summed E-state index contributed by atoms with van der Waals surface area (Å²) in [4.78, 5) is 4.06. The van der Waals surface area contributed by atoms with Crippen LogP contribution in [0.5, 0.6) is 0 Å². The molecule has 2 nitrogen and oxygen atoms in total. The molecule has 0 spiro atoms. The molecule has 0 amide bonds. The second kappa shape index (κ2) is 3.24. The summed E-state index contributed by atoms with van der Waals surface area (Å²) in [6, 6.07) is 12.1. The van der Waals surface area contributed by atoms with E-state index in [0.29, 0.717) is 0 Å². The van der Waals surface area contributed by atoms with Gasteiger partial charge in [-0.1, -0.05) is 30.3 Å². The van der Waals surface area contributed by atoms with Gasteiger partial charge in [-0.15, -0.1) is 0 Å². The molecule has 0 unspecified atom stereocenters. The maximum absolute atomic E-state index is 5.56. The zero-order valence-electron chi connectivity index (χ0n) is 8.05. The molecule has 0 atom stereocenters. The summed E-state index contributed by atoms with van der Waals surface area (Å²) >= 11 is 0. The lowest BCUT2D eigenvalue weighted by Gasteiger charge is -1.96. The van der Waals surface area contributed by atoms with Crippen LogP contribution < -0.4 is 0 Å². The van der Waals surface area contributed by atoms with E-state index in [9.17, 15) is 0 Å². The Morgan fingerprint density at radius 1 is 1.00 bits per heavy atom. The van der Waals surface area contributed by atoms with E-state index in [1.54, 1.807) is 12.5 Å². The Balaban J connectivity index is 2.28. The molecule has 0 aliphatic rings. The first kappa shape index (κ1) is 8.24. The summed E-state index contributed by atoms with van der Waals surface area (Å²) in [5.41, 5.74) is 1.10. The highest BCUT2D eigenvalue weighted by molar-refractivity contribution is 5.93. The number of benzene rings is 1. The quantitative estimate of drug-likeness (QED) is 0.594. The molecule has 0 radical (unpaired) electrons. The summed E-state index contributed by atoms with van der Waals surface area (Å²) in [5.74, 6) is 0.910. The third-order valence-corrected chi connectivity index (χ3v) is 2.44. The molecule has 15 heavy (non-hydrogen) atoms. The van der Waals surface area contributed by atoms with Crippen molar-refractivity contribution in [1.29, 1.82) is 0 Å². The van der Waals surface area contributed by atoms with E-state index in [0.717, 1.165) is 22.1 Å². The number of pyridine rings is 1. The van der Waals surface area contributed by atoms with Crippen LogP contribution in [0.4, 0.5) is 0 Å². The van der Waals surface area contributed by atoms with Gasteiger partial charge >= 0.3 is 0 Å². The molecule has 3 aromatic rings. The number of furan rings is 1. The van der Waals surface area contributed by atoms with Crippen molar-refractivity contribution in [3.63, 3.8) is 0 Å².